The van der Waals surface area contributed by atoms with E-state index in [-0.39, 0.29) is 5.91 Å². The Labute approximate surface area is 130 Å². The lowest BCUT2D eigenvalue weighted by Gasteiger charge is -2.31. The van der Waals surface area contributed by atoms with Crippen LogP contribution < -0.4 is 10.6 Å². The number of likely N-dealkylation sites (tertiary alicyclic amines) is 1. The second kappa shape index (κ2) is 9.42. The molecule has 2 rings (SSSR count). The standard InChI is InChI=1S/C17H33N3O/c1-18-11-8-15-9-12-20(13-10-15)14-17(21)19-16-6-4-2-3-5-7-16/h15-16,18H,2-14H2,1H3,(H,19,21). The Kier molecular flexibility index (Phi) is 7.51. The lowest BCUT2D eigenvalue weighted by molar-refractivity contribution is -0.123. The van der Waals surface area contributed by atoms with Crippen molar-refractivity contribution in [1.29, 1.82) is 0 Å². The van der Waals surface area contributed by atoms with E-state index in [0.29, 0.717) is 12.6 Å². The van der Waals surface area contributed by atoms with Gasteiger partial charge in [0.2, 0.25) is 5.91 Å². The number of carbonyl (C=O) groups excluding carboxylic acids is 1. The van der Waals surface area contributed by atoms with Crippen LogP contribution in [0.3, 0.4) is 0 Å². The van der Waals surface area contributed by atoms with Gasteiger partial charge in [0.25, 0.3) is 0 Å². The van der Waals surface area contributed by atoms with Gasteiger partial charge in [-0.2, -0.15) is 0 Å². The highest BCUT2D eigenvalue weighted by molar-refractivity contribution is 5.78. The summed E-state index contributed by atoms with van der Waals surface area (Å²) >= 11 is 0. The first-order valence-electron chi connectivity index (χ1n) is 8.94. The average Bonchev–Trinajstić information content (AvgIpc) is 2.75. The van der Waals surface area contributed by atoms with E-state index in [1.807, 2.05) is 7.05 Å². The smallest absolute Gasteiger partial charge is 0.234 e. The maximum atomic E-state index is 12.2. The van der Waals surface area contributed by atoms with E-state index in [0.717, 1.165) is 25.6 Å². The molecule has 2 fully saturated rings. The molecule has 0 unspecified atom stereocenters. The molecule has 1 aliphatic heterocycles. The minimum absolute atomic E-state index is 0.246. The van der Waals surface area contributed by atoms with Gasteiger partial charge in [-0.05, 0) is 64.7 Å². The molecule has 2 aliphatic rings. The first-order valence-corrected chi connectivity index (χ1v) is 8.94. The van der Waals surface area contributed by atoms with Crippen LogP contribution in [0.5, 0.6) is 0 Å². The summed E-state index contributed by atoms with van der Waals surface area (Å²) in [5.41, 5.74) is 0. The molecule has 1 saturated heterocycles. The molecule has 4 heteroatoms. The number of piperidine rings is 1. The molecule has 2 N–H and O–H groups in total. The van der Waals surface area contributed by atoms with Crippen LogP contribution >= 0.6 is 0 Å². The molecule has 122 valence electrons. The Balaban J connectivity index is 1.62. The highest BCUT2D eigenvalue weighted by atomic mass is 16.2. The van der Waals surface area contributed by atoms with Gasteiger partial charge in [0.05, 0.1) is 6.54 Å². The van der Waals surface area contributed by atoms with E-state index < -0.39 is 0 Å². The normalized spacial score (nSPS) is 22.9. The quantitative estimate of drug-likeness (QED) is 0.738. The van der Waals surface area contributed by atoms with Crippen molar-refractivity contribution in [2.45, 2.75) is 63.8 Å². The van der Waals surface area contributed by atoms with Crippen molar-refractivity contribution >= 4 is 5.91 Å². The Morgan fingerprint density at radius 1 is 1.05 bits per heavy atom. The number of hydrogen-bond acceptors (Lipinski definition) is 3. The molecule has 0 spiro atoms. The highest BCUT2D eigenvalue weighted by Gasteiger charge is 2.21. The second-order valence-electron chi connectivity index (χ2n) is 6.87. The molecule has 0 aromatic rings. The predicted octanol–water partition coefficient (Wildman–Crippen LogP) is 2.15. The molecule has 4 nitrogen and oxygen atoms in total. The largest absolute Gasteiger partial charge is 0.352 e. The summed E-state index contributed by atoms with van der Waals surface area (Å²) in [4.78, 5) is 14.5. The van der Waals surface area contributed by atoms with Gasteiger partial charge >= 0.3 is 0 Å². The lowest BCUT2D eigenvalue weighted by Crippen LogP contribution is -2.44. The van der Waals surface area contributed by atoms with Crippen molar-refractivity contribution < 1.29 is 4.79 Å². The van der Waals surface area contributed by atoms with Crippen LogP contribution in [-0.2, 0) is 4.79 Å². The Hall–Kier alpha value is -0.610. The molecular formula is C17H33N3O. The summed E-state index contributed by atoms with van der Waals surface area (Å²) < 4.78 is 0. The molecule has 0 radical (unpaired) electrons. The van der Waals surface area contributed by atoms with Gasteiger partial charge in [0.1, 0.15) is 0 Å². The van der Waals surface area contributed by atoms with E-state index in [9.17, 15) is 4.79 Å². The summed E-state index contributed by atoms with van der Waals surface area (Å²) in [6.07, 6.45) is 11.4. The summed E-state index contributed by atoms with van der Waals surface area (Å²) in [7, 11) is 2.02. The van der Waals surface area contributed by atoms with Crippen LogP contribution in [0.1, 0.15) is 57.8 Å². The van der Waals surface area contributed by atoms with Crippen molar-refractivity contribution in [3.8, 4) is 0 Å². The van der Waals surface area contributed by atoms with Crippen molar-refractivity contribution in [3.63, 3.8) is 0 Å². The summed E-state index contributed by atoms with van der Waals surface area (Å²) in [5.74, 6) is 1.09. The molecule has 0 bridgehead atoms. The SMILES string of the molecule is CNCCC1CCN(CC(=O)NC2CCCCCC2)CC1. The van der Waals surface area contributed by atoms with E-state index in [1.165, 1.54) is 57.8 Å². The molecule has 0 aromatic heterocycles. The maximum Gasteiger partial charge on any atom is 0.234 e. The third-order valence-corrected chi connectivity index (χ3v) is 5.10. The third-order valence-electron chi connectivity index (χ3n) is 5.10. The predicted molar refractivity (Wildman–Crippen MR) is 87.3 cm³/mol. The average molecular weight is 295 g/mol. The number of carbonyl (C=O) groups is 1. The van der Waals surface area contributed by atoms with E-state index in [4.69, 9.17) is 0 Å². The van der Waals surface area contributed by atoms with Gasteiger partial charge in [0, 0.05) is 6.04 Å². The zero-order chi connectivity index (χ0) is 14.9. The summed E-state index contributed by atoms with van der Waals surface area (Å²) in [6, 6.07) is 0.438. The summed E-state index contributed by atoms with van der Waals surface area (Å²) in [5, 5.41) is 6.49. The van der Waals surface area contributed by atoms with E-state index in [2.05, 4.69) is 15.5 Å². The van der Waals surface area contributed by atoms with Gasteiger partial charge in [-0.3, -0.25) is 9.69 Å². The number of nitrogens with one attached hydrogen (secondary N) is 2. The van der Waals surface area contributed by atoms with Gasteiger partial charge < -0.3 is 10.6 Å². The van der Waals surface area contributed by atoms with Crippen molar-refractivity contribution in [3.05, 3.63) is 0 Å². The molecule has 21 heavy (non-hydrogen) atoms. The van der Waals surface area contributed by atoms with Crippen LogP contribution in [0, 0.1) is 5.92 Å². The van der Waals surface area contributed by atoms with Gasteiger partial charge in [-0.25, -0.2) is 0 Å². The number of hydrogen-bond donors (Lipinski definition) is 2. The second-order valence-corrected chi connectivity index (χ2v) is 6.87. The monoisotopic (exact) mass is 295 g/mol. The fourth-order valence-corrected chi connectivity index (χ4v) is 3.68. The molecule has 0 aromatic carbocycles. The van der Waals surface area contributed by atoms with E-state index >= 15 is 0 Å². The van der Waals surface area contributed by atoms with Crippen molar-refractivity contribution in [2.75, 3.05) is 33.2 Å². The minimum Gasteiger partial charge on any atom is -0.352 e. The highest BCUT2D eigenvalue weighted by Crippen LogP contribution is 2.20. The first kappa shape index (κ1) is 16.8. The van der Waals surface area contributed by atoms with Crippen LogP contribution in [0.25, 0.3) is 0 Å². The lowest BCUT2D eigenvalue weighted by atomic mass is 9.93. The fraction of sp³-hybridized carbons (Fsp3) is 0.941. The van der Waals surface area contributed by atoms with Crippen LogP contribution in [-0.4, -0.2) is 50.1 Å². The fourth-order valence-electron chi connectivity index (χ4n) is 3.68. The molecule has 1 saturated carbocycles. The Morgan fingerprint density at radius 3 is 2.33 bits per heavy atom. The third kappa shape index (κ3) is 6.35. The Bertz CT molecular complexity index is 292. The van der Waals surface area contributed by atoms with Gasteiger partial charge in [0.15, 0.2) is 0 Å². The zero-order valence-electron chi connectivity index (χ0n) is 13.7. The molecule has 0 atom stereocenters. The first-order chi connectivity index (χ1) is 10.3. The molecule has 1 aliphatic carbocycles. The van der Waals surface area contributed by atoms with Gasteiger partial charge in [-0.1, -0.05) is 25.7 Å². The van der Waals surface area contributed by atoms with Crippen LogP contribution in [0.2, 0.25) is 0 Å². The Morgan fingerprint density at radius 2 is 1.71 bits per heavy atom. The zero-order valence-corrected chi connectivity index (χ0v) is 13.7. The van der Waals surface area contributed by atoms with Crippen molar-refractivity contribution in [1.82, 2.24) is 15.5 Å². The van der Waals surface area contributed by atoms with Crippen molar-refractivity contribution in [2.24, 2.45) is 5.92 Å². The number of nitrogens with zero attached hydrogens (tertiary/aromatic N) is 1. The topological polar surface area (TPSA) is 44.4 Å². The van der Waals surface area contributed by atoms with Gasteiger partial charge in [-0.15, -0.1) is 0 Å². The maximum absolute atomic E-state index is 12.2. The number of amides is 1. The molecule has 1 amide bonds. The van der Waals surface area contributed by atoms with E-state index in [1.54, 1.807) is 0 Å². The minimum atomic E-state index is 0.246. The van der Waals surface area contributed by atoms with Crippen LogP contribution in [0.4, 0.5) is 0 Å². The summed E-state index contributed by atoms with van der Waals surface area (Å²) in [6.45, 7) is 3.90. The van der Waals surface area contributed by atoms with Crippen LogP contribution in [0.15, 0.2) is 0 Å². The number of rotatable bonds is 6. The molecule has 1 heterocycles. The molecular weight excluding hydrogens is 262 g/mol.